The Morgan fingerprint density at radius 2 is 1.81 bits per heavy atom. The maximum absolute atomic E-state index is 13.0. The number of ether oxygens (including phenoxy) is 1. The second kappa shape index (κ2) is 7.63. The average molecular weight is 419 g/mol. The molecule has 0 saturated carbocycles. The monoisotopic (exact) mass is 418 g/mol. The van der Waals surface area contributed by atoms with Crippen LogP contribution in [0.4, 0.5) is 10.5 Å². The first-order valence-corrected chi connectivity index (χ1v) is 10.8. The number of carbonyl (C=O) groups excluding carboxylic acids is 2. The lowest BCUT2D eigenvalue weighted by Gasteiger charge is -2.33. The lowest BCUT2D eigenvalue weighted by atomic mass is 9.67. The molecule has 0 N–H and O–H groups in total. The molecular formula is C26H30N2O3. The molecular weight excluding hydrogens is 388 g/mol. The van der Waals surface area contributed by atoms with E-state index in [4.69, 9.17) is 9.73 Å². The van der Waals surface area contributed by atoms with Gasteiger partial charge in [-0.3, -0.25) is 4.99 Å². The van der Waals surface area contributed by atoms with E-state index in [0.717, 1.165) is 22.5 Å². The number of likely N-dealkylation sites (tertiary alicyclic amines) is 1. The van der Waals surface area contributed by atoms with Gasteiger partial charge in [0.2, 0.25) is 0 Å². The molecule has 1 fully saturated rings. The van der Waals surface area contributed by atoms with Gasteiger partial charge in [-0.05, 0) is 51.8 Å². The normalized spacial score (nSPS) is 22.4. The zero-order valence-corrected chi connectivity index (χ0v) is 18.9. The van der Waals surface area contributed by atoms with Gasteiger partial charge in [-0.25, -0.2) is 4.79 Å². The number of fused-ring (bicyclic) bond motifs is 2. The molecule has 2 aliphatic rings. The van der Waals surface area contributed by atoms with Crippen LogP contribution in [0.15, 0.2) is 53.5 Å². The second-order valence-electron chi connectivity index (χ2n) is 9.78. The van der Waals surface area contributed by atoms with Crippen LogP contribution in [-0.4, -0.2) is 41.2 Å². The highest BCUT2D eigenvalue weighted by Gasteiger charge is 2.56. The van der Waals surface area contributed by atoms with Gasteiger partial charge in [0.05, 0.1) is 16.8 Å². The predicted molar refractivity (Wildman–Crippen MR) is 122 cm³/mol. The Kier molecular flexibility index (Phi) is 5.24. The third-order valence-electron chi connectivity index (χ3n) is 6.13. The molecule has 2 aliphatic heterocycles. The van der Waals surface area contributed by atoms with E-state index < -0.39 is 11.0 Å². The summed E-state index contributed by atoms with van der Waals surface area (Å²) in [4.78, 5) is 32.1. The number of nitrogens with zero attached hydrogens (tertiary/aromatic N) is 2. The molecule has 0 aliphatic carbocycles. The lowest BCUT2D eigenvalue weighted by Crippen LogP contribution is -2.43. The molecule has 162 valence electrons. The van der Waals surface area contributed by atoms with Crippen molar-refractivity contribution in [2.75, 3.05) is 13.1 Å². The minimum absolute atomic E-state index is 0.0683. The largest absolute Gasteiger partial charge is 0.444 e. The maximum Gasteiger partial charge on any atom is 0.410 e. The van der Waals surface area contributed by atoms with Crippen LogP contribution in [0.3, 0.4) is 0 Å². The van der Waals surface area contributed by atoms with Gasteiger partial charge in [-0.15, -0.1) is 0 Å². The van der Waals surface area contributed by atoms with E-state index in [1.807, 2.05) is 39.0 Å². The summed E-state index contributed by atoms with van der Waals surface area (Å²) in [6.07, 6.45) is 0.0453. The number of carbonyl (C=O) groups is 2. The fraction of sp³-hybridized carbons (Fsp3) is 0.423. The van der Waals surface area contributed by atoms with Gasteiger partial charge in [0.1, 0.15) is 11.4 Å². The number of aryl methyl sites for hydroxylation is 1. The molecule has 2 aromatic rings. The summed E-state index contributed by atoms with van der Waals surface area (Å²) in [6, 6.07) is 16.4. The van der Waals surface area contributed by atoms with Crippen molar-refractivity contribution >= 4 is 23.3 Å². The second-order valence-corrected chi connectivity index (χ2v) is 9.78. The number of para-hydroxylation sites is 1. The van der Waals surface area contributed by atoms with Gasteiger partial charge >= 0.3 is 6.09 Å². The summed E-state index contributed by atoms with van der Waals surface area (Å²) in [6.45, 7) is 10.2. The SMILES string of the molecule is CC(=O)CC1CN(C(=O)OC(C)(C)C)CC12C(c1ccc(C)cc1)=Nc1ccccc12. The number of hydrogen-bond donors (Lipinski definition) is 0. The van der Waals surface area contributed by atoms with Crippen LogP contribution in [0.2, 0.25) is 0 Å². The smallest absolute Gasteiger partial charge is 0.410 e. The molecule has 2 unspecified atom stereocenters. The molecule has 1 spiro atoms. The summed E-state index contributed by atoms with van der Waals surface area (Å²) in [5.74, 6) is 0.0456. The Morgan fingerprint density at radius 1 is 1.13 bits per heavy atom. The van der Waals surface area contributed by atoms with Crippen molar-refractivity contribution in [2.45, 2.75) is 52.1 Å². The van der Waals surface area contributed by atoms with Crippen LogP contribution in [0.5, 0.6) is 0 Å². The van der Waals surface area contributed by atoms with Crippen molar-refractivity contribution in [2.24, 2.45) is 10.9 Å². The van der Waals surface area contributed by atoms with Crippen LogP contribution in [0.25, 0.3) is 0 Å². The van der Waals surface area contributed by atoms with Crippen molar-refractivity contribution in [3.8, 4) is 0 Å². The van der Waals surface area contributed by atoms with E-state index in [9.17, 15) is 9.59 Å². The van der Waals surface area contributed by atoms with Crippen molar-refractivity contribution in [1.82, 2.24) is 4.90 Å². The molecule has 2 heterocycles. The number of benzene rings is 2. The number of rotatable bonds is 3. The Morgan fingerprint density at radius 3 is 2.45 bits per heavy atom. The highest BCUT2D eigenvalue weighted by atomic mass is 16.6. The fourth-order valence-electron chi connectivity index (χ4n) is 4.87. The molecule has 4 rings (SSSR count). The summed E-state index contributed by atoms with van der Waals surface area (Å²) in [7, 11) is 0. The number of Topliss-reactive ketones (excluding diaryl/α,β-unsaturated/α-hetero) is 1. The minimum Gasteiger partial charge on any atom is -0.444 e. The summed E-state index contributed by atoms with van der Waals surface area (Å²) >= 11 is 0. The third-order valence-corrected chi connectivity index (χ3v) is 6.13. The van der Waals surface area contributed by atoms with Gasteiger partial charge in [0.25, 0.3) is 0 Å². The summed E-state index contributed by atoms with van der Waals surface area (Å²) in [5.41, 5.74) is 4.03. The Bertz CT molecular complexity index is 1050. The van der Waals surface area contributed by atoms with E-state index in [0.29, 0.717) is 19.5 Å². The van der Waals surface area contributed by atoms with Crippen molar-refractivity contribution < 1.29 is 14.3 Å². The van der Waals surface area contributed by atoms with E-state index in [1.54, 1.807) is 11.8 Å². The van der Waals surface area contributed by atoms with Crippen LogP contribution >= 0.6 is 0 Å². The van der Waals surface area contributed by atoms with E-state index in [2.05, 4.69) is 37.3 Å². The van der Waals surface area contributed by atoms with Crippen molar-refractivity contribution in [3.63, 3.8) is 0 Å². The van der Waals surface area contributed by atoms with Crippen molar-refractivity contribution in [1.29, 1.82) is 0 Å². The molecule has 5 heteroatoms. The van der Waals surface area contributed by atoms with Crippen molar-refractivity contribution in [3.05, 3.63) is 65.2 Å². The first-order chi connectivity index (χ1) is 14.6. The number of ketones is 1. The topological polar surface area (TPSA) is 59.0 Å². The number of aliphatic imine (C=N–C) groups is 1. The molecule has 1 amide bonds. The zero-order chi connectivity index (χ0) is 22.4. The molecule has 0 aromatic heterocycles. The average Bonchev–Trinajstić information content (AvgIpc) is 3.21. The molecule has 0 bridgehead atoms. The molecule has 0 radical (unpaired) electrons. The maximum atomic E-state index is 13.0. The van der Waals surface area contributed by atoms with Gasteiger partial charge in [-0.2, -0.15) is 0 Å². The quantitative estimate of drug-likeness (QED) is 0.687. The first kappa shape index (κ1) is 21.3. The highest BCUT2D eigenvalue weighted by molar-refractivity contribution is 6.14. The molecule has 31 heavy (non-hydrogen) atoms. The molecule has 1 saturated heterocycles. The van der Waals surface area contributed by atoms with Gasteiger partial charge in [0.15, 0.2) is 0 Å². The first-order valence-electron chi connectivity index (χ1n) is 10.8. The zero-order valence-electron chi connectivity index (χ0n) is 18.9. The third kappa shape index (κ3) is 3.89. The number of hydrogen-bond acceptors (Lipinski definition) is 4. The summed E-state index contributed by atoms with van der Waals surface area (Å²) < 4.78 is 5.68. The Labute approximate surface area is 184 Å². The lowest BCUT2D eigenvalue weighted by molar-refractivity contribution is -0.118. The van der Waals surface area contributed by atoms with Crippen LogP contribution in [0.1, 0.15) is 50.8 Å². The molecule has 2 aromatic carbocycles. The van der Waals surface area contributed by atoms with E-state index in [1.165, 1.54) is 5.56 Å². The Hall–Kier alpha value is -2.95. The van der Waals surface area contributed by atoms with Crippen LogP contribution in [-0.2, 0) is 14.9 Å². The van der Waals surface area contributed by atoms with Crippen LogP contribution in [0, 0.1) is 12.8 Å². The fourth-order valence-corrected chi connectivity index (χ4v) is 4.87. The highest BCUT2D eigenvalue weighted by Crippen LogP contribution is 2.51. The molecule has 2 atom stereocenters. The predicted octanol–water partition coefficient (Wildman–Crippen LogP) is 5.21. The molecule has 5 nitrogen and oxygen atoms in total. The standard InChI is InChI=1S/C26H30N2O3/c1-17-10-12-19(13-11-17)23-26(21-8-6-7-9-22(21)27-23)16-28(15-20(26)14-18(2)29)24(30)31-25(3,4)5/h6-13,20H,14-16H2,1-5H3. The van der Waals surface area contributed by atoms with Gasteiger partial charge in [0, 0.05) is 25.4 Å². The number of amides is 1. The van der Waals surface area contributed by atoms with Gasteiger partial charge < -0.3 is 14.4 Å². The van der Waals surface area contributed by atoms with E-state index >= 15 is 0 Å². The minimum atomic E-state index is -0.579. The van der Waals surface area contributed by atoms with Crippen LogP contribution < -0.4 is 0 Å². The summed E-state index contributed by atoms with van der Waals surface area (Å²) in [5, 5.41) is 0. The van der Waals surface area contributed by atoms with Gasteiger partial charge in [-0.1, -0.05) is 48.0 Å². The Balaban J connectivity index is 1.83. The van der Waals surface area contributed by atoms with E-state index in [-0.39, 0.29) is 17.8 Å².